The fourth-order valence-electron chi connectivity index (χ4n) is 3.31. The number of hydrogen-bond acceptors (Lipinski definition) is 7. The van der Waals surface area contributed by atoms with Gasteiger partial charge in [-0.05, 0) is 42.0 Å². The van der Waals surface area contributed by atoms with Crippen molar-refractivity contribution in [3.63, 3.8) is 0 Å². The molecule has 3 aromatic rings. The summed E-state index contributed by atoms with van der Waals surface area (Å²) in [5, 5.41) is 12.2. The Hall–Kier alpha value is -2.89. The smallest absolute Gasteiger partial charge is 0.245 e. The number of aryl methyl sites for hydroxylation is 1. The van der Waals surface area contributed by atoms with E-state index in [1.165, 1.54) is 15.8 Å². The fourth-order valence-corrected chi connectivity index (χ4v) is 5.00. The van der Waals surface area contributed by atoms with Crippen molar-refractivity contribution in [3.05, 3.63) is 52.8 Å². The number of benzene rings is 2. The van der Waals surface area contributed by atoms with E-state index < -0.39 is 33.4 Å². The second-order valence-electron chi connectivity index (χ2n) is 7.04. The van der Waals surface area contributed by atoms with Crippen LogP contribution in [0.5, 0.6) is 0 Å². The van der Waals surface area contributed by atoms with Gasteiger partial charge in [0, 0.05) is 5.02 Å². The Morgan fingerprint density at radius 3 is 2.61 bits per heavy atom. The Bertz CT molecular complexity index is 1260. The van der Waals surface area contributed by atoms with Crippen molar-refractivity contribution < 1.29 is 17.6 Å². The van der Waals surface area contributed by atoms with Gasteiger partial charge in [-0.15, -0.1) is 10.2 Å². The third-order valence-electron chi connectivity index (χ3n) is 4.89. The van der Waals surface area contributed by atoms with Crippen molar-refractivity contribution >= 4 is 33.0 Å². The first-order valence-corrected chi connectivity index (χ1v) is 11.4. The number of fused-ring (bicyclic) bond motifs is 1. The van der Waals surface area contributed by atoms with Gasteiger partial charge in [0.25, 0.3) is 0 Å². The van der Waals surface area contributed by atoms with Gasteiger partial charge >= 0.3 is 0 Å². The number of carbonyl (C=O) groups excluding carboxylic acids is 1. The van der Waals surface area contributed by atoms with Crippen molar-refractivity contribution in [2.75, 3.05) is 10.7 Å². The van der Waals surface area contributed by atoms with Crippen LogP contribution in [-0.4, -0.2) is 46.3 Å². The van der Waals surface area contributed by atoms with Crippen LogP contribution in [0.1, 0.15) is 12.5 Å². The normalized spacial score (nSPS) is 18.0. The maximum atomic E-state index is 14.9. The highest BCUT2D eigenvalue weighted by Gasteiger charge is 2.37. The molecule has 1 aliphatic heterocycles. The van der Waals surface area contributed by atoms with Gasteiger partial charge in [-0.1, -0.05) is 23.7 Å². The van der Waals surface area contributed by atoms with Crippen molar-refractivity contribution in [2.24, 2.45) is 5.73 Å². The van der Waals surface area contributed by atoms with E-state index in [0.29, 0.717) is 17.1 Å². The van der Waals surface area contributed by atoms with E-state index in [1.54, 1.807) is 31.2 Å². The molecule has 4 rings (SSSR count). The lowest BCUT2D eigenvalue weighted by Crippen LogP contribution is -2.45. The summed E-state index contributed by atoms with van der Waals surface area (Å²) in [6, 6.07) is 7.56. The number of anilines is 1. The maximum absolute atomic E-state index is 14.9. The molecule has 31 heavy (non-hydrogen) atoms. The van der Waals surface area contributed by atoms with Crippen LogP contribution in [0.25, 0.3) is 11.4 Å². The molecule has 0 fully saturated rings. The molecule has 1 aromatic heterocycles. The van der Waals surface area contributed by atoms with Crippen molar-refractivity contribution in [1.29, 1.82) is 0 Å². The molecule has 0 unspecified atom stereocenters. The summed E-state index contributed by atoms with van der Waals surface area (Å²) in [4.78, 5) is 15.2. The molecule has 0 radical (unpaired) electrons. The summed E-state index contributed by atoms with van der Waals surface area (Å²) < 4.78 is 40.6. The number of halogens is 2. The van der Waals surface area contributed by atoms with Gasteiger partial charge in [0.2, 0.25) is 11.7 Å². The van der Waals surface area contributed by atoms with E-state index in [4.69, 9.17) is 17.3 Å². The molecule has 1 atom stereocenters. The minimum absolute atomic E-state index is 0.0112. The third kappa shape index (κ3) is 4.03. The van der Waals surface area contributed by atoms with Crippen LogP contribution in [-0.2, 0) is 27.7 Å². The Morgan fingerprint density at radius 2 is 1.97 bits per heavy atom. The summed E-state index contributed by atoms with van der Waals surface area (Å²) in [5.41, 5.74) is 6.52. The molecule has 0 saturated heterocycles. The van der Waals surface area contributed by atoms with Crippen molar-refractivity contribution in [1.82, 2.24) is 20.2 Å². The minimum Gasteiger partial charge on any atom is -0.319 e. The zero-order valence-electron chi connectivity index (χ0n) is 16.4. The second kappa shape index (κ2) is 7.98. The Kier molecular flexibility index (Phi) is 5.50. The quantitative estimate of drug-likeness (QED) is 0.624. The lowest BCUT2D eigenvalue weighted by Gasteiger charge is -2.24. The van der Waals surface area contributed by atoms with E-state index in [2.05, 4.69) is 15.4 Å². The van der Waals surface area contributed by atoms with Gasteiger partial charge in [-0.3, -0.25) is 4.79 Å². The number of amides is 1. The summed E-state index contributed by atoms with van der Waals surface area (Å²) in [5.74, 6) is -2.08. The predicted octanol–water partition coefficient (Wildman–Crippen LogP) is 1.80. The molecule has 9 nitrogen and oxygen atoms in total. The third-order valence-corrected chi connectivity index (χ3v) is 6.93. The first kappa shape index (κ1) is 21.3. The Morgan fingerprint density at radius 1 is 1.26 bits per heavy atom. The largest absolute Gasteiger partial charge is 0.319 e. The number of sulfone groups is 1. The zero-order chi connectivity index (χ0) is 22.3. The summed E-state index contributed by atoms with van der Waals surface area (Å²) in [7, 11) is -4.02. The summed E-state index contributed by atoms with van der Waals surface area (Å²) >= 11 is 5.93. The second-order valence-corrected chi connectivity index (χ2v) is 9.48. The van der Waals surface area contributed by atoms with Gasteiger partial charge in [-0.2, -0.15) is 4.80 Å². The van der Waals surface area contributed by atoms with Crippen LogP contribution >= 0.6 is 11.6 Å². The monoisotopic (exact) mass is 464 g/mol. The lowest BCUT2D eigenvalue weighted by molar-refractivity contribution is -0.119. The zero-order valence-corrected chi connectivity index (χ0v) is 17.9. The maximum Gasteiger partial charge on any atom is 0.245 e. The first-order chi connectivity index (χ1) is 14.7. The molecule has 12 heteroatoms. The van der Waals surface area contributed by atoms with Crippen LogP contribution in [0, 0.1) is 5.82 Å². The standard InChI is InChI=1S/C19H18ClFN6O3S/c1-2-27-24-18(23-25-27)13-7-16-17(8-14(13)21)31(29,30)10-15(22)19(28)26(16)9-11-3-5-12(20)6-4-11/h3-8,15H,2,9-10,22H2,1H3/t15-/m0/s1. The van der Waals surface area contributed by atoms with E-state index in [0.717, 1.165) is 6.07 Å². The number of hydrogen-bond donors (Lipinski definition) is 1. The van der Waals surface area contributed by atoms with Crippen LogP contribution in [0.2, 0.25) is 5.02 Å². The molecule has 1 amide bonds. The number of nitrogens with two attached hydrogens (primary N) is 1. The van der Waals surface area contributed by atoms with Crippen molar-refractivity contribution in [2.45, 2.75) is 31.0 Å². The summed E-state index contributed by atoms with van der Waals surface area (Å²) in [6.45, 7) is 2.23. The van der Waals surface area contributed by atoms with Crippen LogP contribution in [0.4, 0.5) is 10.1 Å². The summed E-state index contributed by atoms with van der Waals surface area (Å²) in [6.07, 6.45) is 0. The van der Waals surface area contributed by atoms with Crippen LogP contribution in [0.15, 0.2) is 41.3 Å². The number of tetrazole rings is 1. The van der Waals surface area contributed by atoms with E-state index >= 15 is 0 Å². The van der Waals surface area contributed by atoms with Gasteiger partial charge in [0.05, 0.1) is 41.0 Å². The molecule has 1 aliphatic rings. The molecule has 2 N–H and O–H groups in total. The number of rotatable bonds is 4. The predicted molar refractivity (Wildman–Crippen MR) is 112 cm³/mol. The fraction of sp³-hybridized carbons (Fsp3) is 0.263. The van der Waals surface area contributed by atoms with E-state index in [9.17, 15) is 17.6 Å². The molecule has 2 heterocycles. The molecule has 162 valence electrons. The average molecular weight is 465 g/mol. The number of carbonyl (C=O) groups is 1. The number of nitrogens with zero attached hydrogens (tertiary/aromatic N) is 5. The molecule has 0 aliphatic carbocycles. The molecular formula is C19H18ClFN6O3S. The minimum atomic E-state index is -4.02. The SMILES string of the molecule is CCn1nnc(-c2cc3c(cc2F)S(=O)(=O)C[C@H](N)C(=O)N3Cc2ccc(Cl)cc2)n1. The van der Waals surface area contributed by atoms with E-state index in [-0.39, 0.29) is 28.5 Å². The van der Waals surface area contributed by atoms with Crippen molar-refractivity contribution in [3.8, 4) is 11.4 Å². The molecule has 0 bridgehead atoms. The van der Waals surface area contributed by atoms with Crippen LogP contribution in [0.3, 0.4) is 0 Å². The van der Waals surface area contributed by atoms with Gasteiger partial charge in [-0.25, -0.2) is 12.8 Å². The Balaban J connectivity index is 1.90. The van der Waals surface area contributed by atoms with E-state index in [1.807, 2.05) is 0 Å². The highest BCUT2D eigenvalue weighted by Crippen LogP contribution is 2.36. The van der Waals surface area contributed by atoms with Gasteiger partial charge < -0.3 is 10.6 Å². The molecule has 0 spiro atoms. The highest BCUT2D eigenvalue weighted by atomic mass is 35.5. The first-order valence-electron chi connectivity index (χ1n) is 9.35. The molecule has 0 saturated carbocycles. The Labute approximate surface area is 182 Å². The van der Waals surface area contributed by atoms with Gasteiger partial charge in [0.1, 0.15) is 5.82 Å². The molecule has 2 aromatic carbocycles. The highest BCUT2D eigenvalue weighted by molar-refractivity contribution is 7.91. The topological polar surface area (TPSA) is 124 Å². The van der Waals surface area contributed by atoms with Gasteiger partial charge in [0.15, 0.2) is 9.84 Å². The number of aromatic nitrogens is 4. The van der Waals surface area contributed by atoms with Crippen LogP contribution < -0.4 is 10.6 Å². The average Bonchev–Trinajstić information content (AvgIpc) is 3.19. The molecular weight excluding hydrogens is 447 g/mol. The lowest BCUT2D eigenvalue weighted by atomic mass is 10.1.